The Labute approximate surface area is 113 Å². The Hall–Kier alpha value is -1.64. The number of benzene rings is 1. The summed E-state index contributed by atoms with van der Waals surface area (Å²) in [6.45, 7) is 2.18. The van der Waals surface area contributed by atoms with Crippen LogP contribution in [0.5, 0.6) is 0 Å². The fraction of sp³-hybridized carbons (Fsp3) is 0.438. The molecule has 1 amide bonds. The van der Waals surface area contributed by atoms with E-state index in [0.717, 1.165) is 6.42 Å². The lowest BCUT2D eigenvalue weighted by Gasteiger charge is -2.29. The Balaban J connectivity index is 1.90. The van der Waals surface area contributed by atoms with Crippen LogP contribution in [-0.2, 0) is 4.79 Å². The Morgan fingerprint density at radius 1 is 1.37 bits per heavy atom. The molecule has 1 aliphatic rings. The highest BCUT2D eigenvalue weighted by atomic mass is 19.1. The minimum absolute atomic E-state index is 0.0944. The summed E-state index contributed by atoms with van der Waals surface area (Å²) in [6.07, 6.45) is 7.80. The van der Waals surface area contributed by atoms with Gasteiger partial charge in [-0.1, -0.05) is 31.9 Å². The lowest BCUT2D eigenvalue weighted by Crippen LogP contribution is -2.40. The van der Waals surface area contributed by atoms with Gasteiger partial charge >= 0.3 is 0 Å². The van der Waals surface area contributed by atoms with Crippen molar-refractivity contribution in [2.24, 2.45) is 5.92 Å². The van der Waals surface area contributed by atoms with E-state index in [-0.39, 0.29) is 17.8 Å². The maximum absolute atomic E-state index is 13.0. The van der Waals surface area contributed by atoms with E-state index < -0.39 is 0 Å². The fourth-order valence-electron chi connectivity index (χ4n) is 2.54. The Morgan fingerprint density at radius 3 is 2.89 bits per heavy atom. The van der Waals surface area contributed by atoms with Gasteiger partial charge in [0.1, 0.15) is 5.82 Å². The molecule has 0 aromatic heterocycles. The van der Waals surface area contributed by atoms with Gasteiger partial charge in [0.05, 0.1) is 0 Å². The Kier molecular flexibility index (Phi) is 4.72. The molecule has 0 bridgehead atoms. The summed E-state index contributed by atoms with van der Waals surface area (Å²) in [5, 5.41) is 3.03. The van der Waals surface area contributed by atoms with Crippen LogP contribution in [0, 0.1) is 11.7 Å². The van der Waals surface area contributed by atoms with Gasteiger partial charge in [-0.3, -0.25) is 4.79 Å². The van der Waals surface area contributed by atoms with E-state index in [1.807, 2.05) is 0 Å². The number of carbonyl (C=O) groups excluding carboxylic acids is 1. The zero-order valence-corrected chi connectivity index (χ0v) is 11.2. The number of rotatable bonds is 3. The van der Waals surface area contributed by atoms with Gasteiger partial charge in [0.2, 0.25) is 5.91 Å². The van der Waals surface area contributed by atoms with Crippen LogP contribution >= 0.6 is 0 Å². The van der Waals surface area contributed by atoms with Gasteiger partial charge in [-0.2, -0.15) is 0 Å². The molecule has 3 heteroatoms. The molecule has 1 N–H and O–H groups in total. The van der Waals surface area contributed by atoms with Crippen LogP contribution in [0.4, 0.5) is 4.39 Å². The summed E-state index contributed by atoms with van der Waals surface area (Å²) >= 11 is 0. The van der Waals surface area contributed by atoms with Crippen LogP contribution in [0.15, 0.2) is 30.3 Å². The van der Waals surface area contributed by atoms with Crippen molar-refractivity contribution in [1.82, 2.24) is 5.32 Å². The Bertz CT molecular complexity index is 470. The number of amides is 1. The minimum atomic E-state index is -0.288. The molecule has 2 rings (SSSR count). The van der Waals surface area contributed by atoms with Crippen molar-refractivity contribution in [3.05, 3.63) is 41.7 Å². The molecule has 19 heavy (non-hydrogen) atoms. The maximum atomic E-state index is 13.0. The molecule has 0 aliphatic heterocycles. The molecule has 2 nitrogen and oxygen atoms in total. The van der Waals surface area contributed by atoms with Crippen molar-refractivity contribution in [2.75, 3.05) is 0 Å². The summed E-state index contributed by atoms with van der Waals surface area (Å²) in [5.74, 6) is 0.159. The second-order valence-corrected chi connectivity index (χ2v) is 5.27. The SMILES string of the molecule is C[C@H]1CCCC[C@H]1NC(=O)/C=C/c1cccc(F)c1. The van der Waals surface area contributed by atoms with Crippen molar-refractivity contribution < 1.29 is 9.18 Å². The highest BCUT2D eigenvalue weighted by molar-refractivity contribution is 5.91. The summed E-state index contributed by atoms with van der Waals surface area (Å²) < 4.78 is 13.0. The van der Waals surface area contributed by atoms with E-state index in [9.17, 15) is 9.18 Å². The zero-order valence-electron chi connectivity index (χ0n) is 11.2. The van der Waals surface area contributed by atoms with Crippen LogP contribution in [0.2, 0.25) is 0 Å². The lowest BCUT2D eigenvalue weighted by molar-refractivity contribution is -0.117. The third kappa shape index (κ3) is 4.19. The highest BCUT2D eigenvalue weighted by Gasteiger charge is 2.21. The molecule has 2 atom stereocenters. The summed E-state index contributed by atoms with van der Waals surface area (Å²) in [4.78, 5) is 11.8. The van der Waals surface area contributed by atoms with E-state index in [4.69, 9.17) is 0 Å². The number of carbonyl (C=O) groups is 1. The van der Waals surface area contributed by atoms with Gasteiger partial charge in [-0.15, -0.1) is 0 Å². The predicted octanol–water partition coefficient (Wildman–Crippen LogP) is 3.53. The fourth-order valence-corrected chi connectivity index (χ4v) is 2.54. The third-order valence-corrected chi connectivity index (χ3v) is 3.71. The minimum Gasteiger partial charge on any atom is -0.350 e. The second kappa shape index (κ2) is 6.50. The monoisotopic (exact) mass is 261 g/mol. The zero-order chi connectivity index (χ0) is 13.7. The summed E-state index contributed by atoms with van der Waals surface area (Å²) in [5.41, 5.74) is 0.701. The average Bonchev–Trinajstić information content (AvgIpc) is 2.39. The van der Waals surface area contributed by atoms with E-state index in [0.29, 0.717) is 11.5 Å². The second-order valence-electron chi connectivity index (χ2n) is 5.27. The van der Waals surface area contributed by atoms with Gasteiger partial charge in [-0.05, 0) is 42.5 Å². The van der Waals surface area contributed by atoms with Crippen molar-refractivity contribution >= 4 is 12.0 Å². The molecule has 0 heterocycles. The maximum Gasteiger partial charge on any atom is 0.244 e. The highest BCUT2D eigenvalue weighted by Crippen LogP contribution is 2.23. The number of halogens is 1. The molecule has 102 valence electrons. The van der Waals surface area contributed by atoms with Crippen LogP contribution < -0.4 is 5.32 Å². The van der Waals surface area contributed by atoms with Crippen molar-refractivity contribution in [3.8, 4) is 0 Å². The normalized spacial score (nSPS) is 23.5. The molecular weight excluding hydrogens is 241 g/mol. The predicted molar refractivity (Wildman–Crippen MR) is 75.0 cm³/mol. The molecule has 0 spiro atoms. The molecule has 1 aromatic rings. The van der Waals surface area contributed by atoms with Crippen molar-refractivity contribution in [3.63, 3.8) is 0 Å². The lowest BCUT2D eigenvalue weighted by atomic mass is 9.86. The largest absolute Gasteiger partial charge is 0.350 e. The van der Waals surface area contributed by atoms with Crippen LogP contribution in [0.25, 0.3) is 6.08 Å². The number of hydrogen-bond acceptors (Lipinski definition) is 1. The first-order chi connectivity index (χ1) is 9.15. The molecule has 0 saturated heterocycles. The van der Waals surface area contributed by atoms with Crippen LogP contribution in [0.3, 0.4) is 0 Å². The first kappa shape index (κ1) is 13.8. The summed E-state index contributed by atoms with van der Waals surface area (Å²) in [6, 6.07) is 6.48. The molecule has 0 unspecified atom stereocenters. The van der Waals surface area contributed by atoms with E-state index in [1.54, 1.807) is 18.2 Å². The topological polar surface area (TPSA) is 29.1 Å². The van der Waals surface area contributed by atoms with Gasteiger partial charge in [-0.25, -0.2) is 4.39 Å². The van der Waals surface area contributed by atoms with Gasteiger partial charge < -0.3 is 5.32 Å². The molecule has 1 aliphatic carbocycles. The number of hydrogen-bond donors (Lipinski definition) is 1. The Morgan fingerprint density at radius 2 is 2.16 bits per heavy atom. The van der Waals surface area contributed by atoms with Gasteiger partial charge in [0.15, 0.2) is 0 Å². The van der Waals surface area contributed by atoms with Crippen molar-refractivity contribution in [2.45, 2.75) is 38.6 Å². The van der Waals surface area contributed by atoms with E-state index >= 15 is 0 Å². The third-order valence-electron chi connectivity index (χ3n) is 3.71. The molecule has 1 aromatic carbocycles. The van der Waals surface area contributed by atoms with Crippen LogP contribution in [0.1, 0.15) is 38.2 Å². The standard InChI is InChI=1S/C16H20FNO/c1-12-5-2-3-8-15(12)18-16(19)10-9-13-6-4-7-14(17)11-13/h4,6-7,9-12,15H,2-3,5,8H2,1H3,(H,18,19)/b10-9+/t12-,15+/m0/s1. The molecule has 0 radical (unpaired) electrons. The summed E-state index contributed by atoms with van der Waals surface area (Å²) in [7, 11) is 0. The first-order valence-corrected chi connectivity index (χ1v) is 6.89. The van der Waals surface area contributed by atoms with Crippen LogP contribution in [-0.4, -0.2) is 11.9 Å². The molecule has 1 fully saturated rings. The quantitative estimate of drug-likeness (QED) is 0.828. The smallest absolute Gasteiger partial charge is 0.244 e. The van der Waals surface area contributed by atoms with Gasteiger partial charge in [0, 0.05) is 12.1 Å². The van der Waals surface area contributed by atoms with E-state index in [2.05, 4.69) is 12.2 Å². The number of nitrogens with one attached hydrogen (secondary N) is 1. The van der Waals surface area contributed by atoms with Crippen molar-refractivity contribution in [1.29, 1.82) is 0 Å². The molecule has 1 saturated carbocycles. The van der Waals surface area contributed by atoms with Gasteiger partial charge in [0.25, 0.3) is 0 Å². The molecular formula is C16H20FNO. The van der Waals surface area contributed by atoms with E-state index in [1.165, 1.54) is 37.5 Å². The first-order valence-electron chi connectivity index (χ1n) is 6.89. The average molecular weight is 261 g/mol.